The number of benzene rings is 2. The van der Waals surface area contributed by atoms with Gasteiger partial charge in [0.15, 0.2) is 0 Å². The van der Waals surface area contributed by atoms with Crippen LogP contribution in [0.4, 0.5) is 0 Å². The fraction of sp³-hybridized carbons (Fsp3) is 0.440. The number of nitrogens with zero attached hydrogens (tertiary/aromatic N) is 2. The summed E-state index contributed by atoms with van der Waals surface area (Å²) in [5, 5.41) is 0. The summed E-state index contributed by atoms with van der Waals surface area (Å²) in [6.45, 7) is 6.53. The zero-order chi connectivity index (χ0) is 21.6. The van der Waals surface area contributed by atoms with Crippen molar-refractivity contribution in [1.29, 1.82) is 0 Å². The minimum absolute atomic E-state index is 0.0347. The molecule has 2 saturated heterocycles. The van der Waals surface area contributed by atoms with Crippen molar-refractivity contribution in [3.05, 3.63) is 65.2 Å². The second-order valence-electron chi connectivity index (χ2n) is 8.37. The van der Waals surface area contributed by atoms with Crippen LogP contribution in [0.2, 0.25) is 0 Å². The lowest BCUT2D eigenvalue weighted by Crippen LogP contribution is -2.41. The largest absolute Gasteiger partial charge is 0.493 e. The fourth-order valence-corrected chi connectivity index (χ4v) is 4.20. The maximum Gasteiger partial charge on any atom is 0.254 e. The first kappa shape index (κ1) is 21.4. The molecule has 0 aliphatic carbocycles. The molecule has 0 saturated carbocycles. The van der Waals surface area contributed by atoms with E-state index in [4.69, 9.17) is 9.47 Å². The van der Waals surface area contributed by atoms with Crippen LogP contribution in [0.5, 0.6) is 5.75 Å². The number of carbonyl (C=O) groups excluding carboxylic acids is 2. The molecule has 2 fully saturated rings. The van der Waals surface area contributed by atoms with Gasteiger partial charge in [-0.1, -0.05) is 17.7 Å². The molecule has 0 bridgehead atoms. The maximum absolute atomic E-state index is 12.8. The summed E-state index contributed by atoms with van der Waals surface area (Å²) < 4.78 is 11.3. The first-order valence-electron chi connectivity index (χ1n) is 11.1. The lowest BCUT2D eigenvalue weighted by Gasteiger charge is -2.32. The van der Waals surface area contributed by atoms with E-state index < -0.39 is 0 Å². The third kappa shape index (κ3) is 5.44. The molecular formula is C25H30N2O4. The molecule has 0 spiro atoms. The van der Waals surface area contributed by atoms with Gasteiger partial charge >= 0.3 is 0 Å². The molecule has 2 aromatic carbocycles. The summed E-state index contributed by atoms with van der Waals surface area (Å²) in [6, 6.07) is 15.1. The molecule has 2 aliphatic rings. The number of carbonyl (C=O) groups is 2. The number of morpholine rings is 1. The smallest absolute Gasteiger partial charge is 0.254 e. The van der Waals surface area contributed by atoms with Gasteiger partial charge in [-0.15, -0.1) is 0 Å². The van der Waals surface area contributed by atoms with E-state index in [-0.39, 0.29) is 11.8 Å². The lowest BCUT2D eigenvalue weighted by molar-refractivity contribution is 0.0303. The molecule has 1 atom stereocenters. The highest BCUT2D eigenvalue weighted by atomic mass is 16.5. The van der Waals surface area contributed by atoms with E-state index >= 15 is 0 Å². The maximum atomic E-state index is 12.8. The zero-order valence-corrected chi connectivity index (χ0v) is 18.1. The first-order chi connectivity index (χ1) is 15.1. The Labute approximate surface area is 183 Å². The predicted molar refractivity (Wildman–Crippen MR) is 118 cm³/mol. The van der Waals surface area contributed by atoms with E-state index in [1.807, 2.05) is 65.3 Å². The topological polar surface area (TPSA) is 59.1 Å². The minimum atomic E-state index is 0.0347. The number of likely N-dealkylation sites (tertiary alicyclic amines) is 1. The number of hydrogen-bond acceptors (Lipinski definition) is 4. The van der Waals surface area contributed by atoms with Crippen molar-refractivity contribution >= 4 is 11.8 Å². The standard InChI is InChI=1S/C25H30N2O4/c1-19-4-2-6-22(16-19)25(29)27-11-3-5-20(17-27)18-31-23-9-7-21(8-10-23)24(28)26-12-14-30-15-13-26/h2,4,6-10,16,20H,3,5,11-15,17-18H2,1H3/t20-/m0/s1. The Bertz CT molecular complexity index is 906. The third-order valence-electron chi connectivity index (χ3n) is 5.96. The quantitative estimate of drug-likeness (QED) is 0.741. The van der Waals surface area contributed by atoms with E-state index in [9.17, 15) is 9.59 Å². The van der Waals surface area contributed by atoms with Crippen molar-refractivity contribution in [1.82, 2.24) is 9.80 Å². The minimum Gasteiger partial charge on any atom is -0.493 e. The molecule has 0 radical (unpaired) electrons. The second kappa shape index (κ2) is 9.96. The number of amides is 2. The van der Waals surface area contributed by atoms with Crippen LogP contribution in [0.25, 0.3) is 0 Å². The number of ether oxygens (including phenoxy) is 2. The van der Waals surface area contributed by atoms with Crippen molar-refractivity contribution in [3.63, 3.8) is 0 Å². The van der Waals surface area contributed by atoms with E-state index in [2.05, 4.69) is 0 Å². The third-order valence-corrected chi connectivity index (χ3v) is 5.96. The highest BCUT2D eigenvalue weighted by molar-refractivity contribution is 5.95. The average Bonchev–Trinajstić information content (AvgIpc) is 2.83. The molecule has 2 amide bonds. The first-order valence-corrected chi connectivity index (χ1v) is 11.1. The van der Waals surface area contributed by atoms with Crippen molar-refractivity contribution in [3.8, 4) is 5.75 Å². The van der Waals surface area contributed by atoms with Crippen LogP contribution in [0.15, 0.2) is 48.5 Å². The van der Waals surface area contributed by atoms with Gasteiger partial charge in [0.2, 0.25) is 0 Å². The Hall–Kier alpha value is -2.86. The lowest BCUT2D eigenvalue weighted by atomic mass is 9.98. The van der Waals surface area contributed by atoms with Crippen LogP contribution in [0.1, 0.15) is 39.1 Å². The Morgan fingerprint density at radius 3 is 2.45 bits per heavy atom. The highest BCUT2D eigenvalue weighted by Gasteiger charge is 2.25. The van der Waals surface area contributed by atoms with Gasteiger partial charge in [-0.25, -0.2) is 0 Å². The summed E-state index contributed by atoms with van der Waals surface area (Å²) in [5.74, 6) is 1.18. The number of piperidine rings is 1. The van der Waals surface area contributed by atoms with Gasteiger partial charge in [0.1, 0.15) is 5.75 Å². The second-order valence-corrected chi connectivity index (χ2v) is 8.37. The van der Waals surface area contributed by atoms with E-state index in [0.29, 0.717) is 50.9 Å². The normalized spacial score (nSPS) is 19.2. The van der Waals surface area contributed by atoms with Gasteiger partial charge in [-0.2, -0.15) is 0 Å². The van der Waals surface area contributed by atoms with Crippen molar-refractivity contribution in [2.75, 3.05) is 46.0 Å². The van der Waals surface area contributed by atoms with Crippen LogP contribution in [-0.2, 0) is 4.74 Å². The molecule has 6 nitrogen and oxygen atoms in total. The summed E-state index contributed by atoms with van der Waals surface area (Å²) in [7, 11) is 0. The molecule has 6 heteroatoms. The van der Waals surface area contributed by atoms with Crippen molar-refractivity contribution in [2.24, 2.45) is 5.92 Å². The van der Waals surface area contributed by atoms with E-state index in [1.165, 1.54) is 0 Å². The SMILES string of the molecule is Cc1cccc(C(=O)N2CCC[C@H](COc3ccc(C(=O)N4CCOCC4)cc3)C2)c1. The van der Waals surface area contributed by atoms with Gasteiger partial charge in [-0.3, -0.25) is 9.59 Å². The number of rotatable bonds is 5. The summed E-state index contributed by atoms with van der Waals surface area (Å²) in [5.41, 5.74) is 2.52. The molecule has 164 valence electrons. The molecule has 0 aromatic heterocycles. The number of aryl methyl sites for hydroxylation is 1. The average molecular weight is 423 g/mol. The Morgan fingerprint density at radius 2 is 1.71 bits per heavy atom. The molecule has 2 heterocycles. The Morgan fingerprint density at radius 1 is 0.968 bits per heavy atom. The fourth-order valence-electron chi connectivity index (χ4n) is 4.20. The van der Waals surface area contributed by atoms with Crippen LogP contribution in [-0.4, -0.2) is 67.6 Å². The van der Waals surface area contributed by atoms with Gasteiger partial charge in [0, 0.05) is 43.2 Å². The van der Waals surface area contributed by atoms with Gasteiger partial charge in [-0.05, 0) is 56.2 Å². The van der Waals surface area contributed by atoms with Crippen LogP contribution in [0.3, 0.4) is 0 Å². The Kier molecular flexibility index (Phi) is 6.87. The van der Waals surface area contributed by atoms with Gasteiger partial charge in [0.25, 0.3) is 11.8 Å². The highest BCUT2D eigenvalue weighted by Crippen LogP contribution is 2.21. The molecule has 0 unspecified atom stereocenters. The van der Waals surface area contributed by atoms with E-state index in [1.54, 1.807) is 0 Å². The number of hydrogen-bond donors (Lipinski definition) is 0. The Balaban J connectivity index is 1.29. The van der Waals surface area contributed by atoms with Gasteiger partial charge < -0.3 is 19.3 Å². The van der Waals surface area contributed by atoms with E-state index in [0.717, 1.165) is 36.3 Å². The molecule has 31 heavy (non-hydrogen) atoms. The van der Waals surface area contributed by atoms with Crippen LogP contribution < -0.4 is 4.74 Å². The summed E-state index contributed by atoms with van der Waals surface area (Å²) in [4.78, 5) is 29.2. The van der Waals surface area contributed by atoms with Crippen LogP contribution in [0, 0.1) is 12.8 Å². The summed E-state index contributed by atoms with van der Waals surface area (Å²) >= 11 is 0. The van der Waals surface area contributed by atoms with Crippen molar-refractivity contribution < 1.29 is 19.1 Å². The molecular weight excluding hydrogens is 392 g/mol. The molecule has 0 N–H and O–H groups in total. The monoisotopic (exact) mass is 422 g/mol. The predicted octanol–water partition coefficient (Wildman–Crippen LogP) is 3.40. The summed E-state index contributed by atoms with van der Waals surface area (Å²) in [6.07, 6.45) is 2.03. The molecule has 2 aliphatic heterocycles. The van der Waals surface area contributed by atoms with Crippen LogP contribution >= 0.6 is 0 Å². The van der Waals surface area contributed by atoms with Gasteiger partial charge in [0.05, 0.1) is 19.8 Å². The zero-order valence-electron chi connectivity index (χ0n) is 18.1. The molecule has 2 aromatic rings. The van der Waals surface area contributed by atoms with Crippen molar-refractivity contribution in [2.45, 2.75) is 19.8 Å². The molecule has 4 rings (SSSR count).